The molecule has 4 rings (SSSR count). The third kappa shape index (κ3) is 2.73. The van der Waals surface area contributed by atoms with E-state index in [0.29, 0.717) is 5.82 Å². The number of fused-ring (bicyclic) bond motifs is 1. The molecule has 1 aliphatic carbocycles. The Morgan fingerprint density at radius 1 is 1.08 bits per heavy atom. The van der Waals surface area contributed by atoms with Crippen LogP contribution >= 0.6 is 0 Å². The van der Waals surface area contributed by atoms with Gasteiger partial charge in [0.15, 0.2) is 0 Å². The Labute approximate surface area is 149 Å². The number of nitrogens with zero attached hydrogens (tertiary/aromatic N) is 3. The molecule has 26 heavy (non-hydrogen) atoms. The smallest absolute Gasteiger partial charge is 0.282 e. The summed E-state index contributed by atoms with van der Waals surface area (Å²) < 4.78 is 1.70. The summed E-state index contributed by atoms with van der Waals surface area (Å²) in [5, 5.41) is 18.7. The van der Waals surface area contributed by atoms with E-state index in [2.05, 4.69) is 10.4 Å². The highest BCUT2D eigenvalue weighted by atomic mass is 16.6. The van der Waals surface area contributed by atoms with Crippen molar-refractivity contribution in [1.82, 2.24) is 9.78 Å². The van der Waals surface area contributed by atoms with Crippen molar-refractivity contribution in [2.24, 2.45) is 0 Å². The maximum Gasteiger partial charge on any atom is 0.282 e. The van der Waals surface area contributed by atoms with Gasteiger partial charge in [0.05, 0.1) is 16.3 Å². The lowest BCUT2D eigenvalue weighted by molar-refractivity contribution is -0.385. The Bertz CT molecular complexity index is 995. The van der Waals surface area contributed by atoms with Crippen LogP contribution in [0.15, 0.2) is 54.6 Å². The van der Waals surface area contributed by atoms with E-state index in [-0.39, 0.29) is 11.3 Å². The molecule has 0 saturated heterocycles. The molecule has 130 valence electrons. The van der Waals surface area contributed by atoms with Gasteiger partial charge in [-0.2, -0.15) is 5.10 Å². The second kappa shape index (κ2) is 6.44. The molecule has 0 spiro atoms. The highest BCUT2D eigenvalue weighted by Gasteiger charge is 2.26. The van der Waals surface area contributed by atoms with E-state index in [1.807, 2.05) is 30.3 Å². The molecule has 2 aromatic carbocycles. The predicted octanol–water partition coefficient (Wildman–Crippen LogP) is 3.52. The molecule has 7 nitrogen and oxygen atoms in total. The van der Waals surface area contributed by atoms with Crippen LogP contribution in [0.3, 0.4) is 0 Å². The molecule has 0 unspecified atom stereocenters. The first kappa shape index (κ1) is 16.0. The monoisotopic (exact) mass is 348 g/mol. The van der Waals surface area contributed by atoms with Crippen LogP contribution in [0.5, 0.6) is 0 Å². The first-order chi connectivity index (χ1) is 12.6. The SMILES string of the molecule is O=C(Nc1c2c(nn1-c1ccccc1)CCC2)c1ccccc1[N+](=O)[O-]. The lowest BCUT2D eigenvalue weighted by Gasteiger charge is -2.11. The summed E-state index contributed by atoms with van der Waals surface area (Å²) in [6.07, 6.45) is 2.68. The van der Waals surface area contributed by atoms with Crippen molar-refractivity contribution < 1.29 is 9.72 Å². The van der Waals surface area contributed by atoms with Crippen molar-refractivity contribution in [2.75, 3.05) is 5.32 Å². The van der Waals surface area contributed by atoms with Gasteiger partial charge in [-0.25, -0.2) is 4.68 Å². The van der Waals surface area contributed by atoms with E-state index in [1.165, 1.54) is 12.1 Å². The van der Waals surface area contributed by atoms with Gasteiger partial charge in [-0.05, 0) is 37.5 Å². The molecule has 7 heteroatoms. The van der Waals surface area contributed by atoms with Crippen molar-refractivity contribution in [3.05, 3.63) is 81.5 Å². The van der Waals surface area contributed by atoms with Crippen molar-refractivity contribution in [2.45, 2.75) is 19.3 Å². The highest BCUT2D eigenvalue weighted by Crippen LogP contribution is 2.31. The van der Waals surface area contributed by atoms with E-state index in [9.17, 15) is 14.9 Å². The number of nitrogens with one attached hydrogen (secondary N) is 1. The van der Waals surface area contributed by atoms with Crippen LogP contribution in [0.4, 0.5) is 11.5 Å². The topological polar surface area (TPSA) is 90.1 Å². The van der Waals surface area contributed by atoms with Gasteiger partial charge in [-0.15, -0.1) is 0 Å². The van der Waals surface area contributed by atoms with Crippen LogP contribution in [0, 0.1) is 10.1 Å². The minimum Gasteiger partial charge on any atom is -0.306 e. The molecular weight excluding hydrogens is 332 g/mol. The first-order valence-corrected chi connectivity index (χ1v) is 8.36. The number of benzene rings is 2. The Morgan fingerprint density at radius 3 is 2.58 bits per heavy atom. The van der Waals surface area contributed by atoms with E-state index < -0.39 is 10.8 Å². The van der Waals surface area contributed by atoms with Gasteiger partial charge in [-0.3, -0.25) is 14.9 Å². The summed E-state index contributed by atoms with van der Waals surface area (Å²) in [5.41, 5.74) is 2.62. The van der Waals surface area contributed by atoms with E-state index in [0.717, 1.165) is 36.2 Å². The predicted molar refractivity (Wildman–Crippen MR) is 96.6 cm³/mol. The summed E-state index contributed by atoms with van der Waals surface area (Å²) in [4.78, 5) is 23.4. The Balaban J connectivity index is 1.75. The van der Waals surface area contributed by atoms with Crippen molar-refractivity contribution in [3.8, 4) is 5.69 Å². The summed E-state index contributed by atoms with van der Waals surface area (Å²) in [6.45, 7) is 0. The number of nitro groups is 1. The van der Waals surface area contributed by atoms with Crippen LogP contribution in [-0.4, -0.2) is 20.6 Å². The van der Waals surface area contributed by atoms with Crippen LogP contribution in [0.2, 0.25) is 0 Å². The van der Waals surface area contributed by atoms with Gasteiger partial charge in [0.1, 0.15) is 11.4 Å². The number of aromatic nitrogens is 2. The van der Waals surface area contributed by atoms with Gasteiger partial charge in [-0.1, -0.05) is 30.3 Å². The second-order valence-corrected chi connectivity index (χ2v) is 6.10. The Kier molecular flexibility index (Phi) is 3.96. The summed E-state index contributed by atoms with van der Waals surface area (Å²) in [6, 6.07) is 15.5. The number of carbonyl (C=O) groups is 1. The molecule has 0 bridgehead atoms. The molecule has 0 atom stereocenters. The highest BCUT2D eigenvalue weighted by molar-refractivity contribution is 6.07. The summed E-state index contributed by atoms with van der Waals surface area (Å²) in [7, 11) is 0. The fraction of sp³-hybridized carbons (Fsp3) is 0.158. The lowest BCUT2D eigenvalue weighted by atomic mass is 10.1. The minimum absolute atomic E-state index is 0.0325. The maximum absolute atomic E-state index is 12.8. The molecule has 3 aromatic rings. The number of anilines is 1. The first-order valence-electron chi connectivity index (χ1n) is 8.36. The molecule has 0 fully saturated rings. The maximum atomic E-state index is 12.8. The summed E-state index contributed by atoms with van der Waals surface area (Å²) in [5.74, 6) is 0.0796. The van der Waals surface area contributed by atoms with Crippen molar-refractivity contribution >= 4 is 17.4 Å². The van der Waals surface area contributed by atoms with Gasteiger partial charge in [0.25, 0.3) is 11.6 Å². The van der Waals surface area contributed by atoms with Crippen LogP contribution < -0.4 is 5.32 Å². The van der Waals surface area contributed by atoms with Gasteiger partial charge >= 0.3 is 0 Å². The molecular formula is C19H16N4O3. The molecule has 0 aliphatic heterocycles. The number of carbonyl (C=O) groups excluding carboxylic acids is 1. The molecule has 1 N–H and O–H groups in total. The number of rotatable bonds is 4. The lowest BCUT2D eigenvalue weighted by Crippen LogP contribution is -2.17. The van der Waals surface area contributed by atoms with E-state index in [4.69, 9.17) is 0 Å². The largest absolute Gasteiger partial charge is 0.306 e. The Hall–Kier alpha value is -3.48. The molecule has 1 amide bonds. The quantitative estimate of drug-likeness (QED) is 0.577. The molecule has 0 saturated carbocycles. The molecule has 1 aromatic heterocycles. The molecule has 1 heterocycles. The molecule has 0 radical (unpaired) electrons. The van der Waals surface area contributed by atoms with Crippen molar-refractivity contribution in [3.63, 3.8) is 0 Å². The van der Waals surface area contributed by atoms with Crippen LogP contribution in [0.1, 0.15) is 28.0 Å². The number of para-hydroxylation sites is 2. The van der Waals surface area contributed by atoms with Gasteiger partial charge < -0.3 is 5.32 Å². The fourth-order valence-electron chi connectivity index (χ4n) is 3.28. The third-order valence-corrected chi connectivity index (χ3v) is 4.49. The average molecular weight is 348 g/mol. The number of hydrogen-bond acceptors (Lipinski definition) is 4. The Morgan fingerprint density at radius 2 is 1.81 bits per heavy atom. The third-order valence-electron chi connectivity index (χ3n) is 4.49. The summed E-state index contributed by atoms with van der Waals surface area (Å²) >= 11 is 0. The number of hydrogen-bond donors (Lipinski definition) is 1. The van der Waals surface area contributed by atoms with Gasteiger partial charge in [0.2, 0.25) is 0 Å². The molecule has 1 aliphatic rings. The standard InChI is InChI=1S/C19H16N4O3/c24-19(15-9-4-5-12-17(15)23(25)26)20-18-14-10-6-11-16(14)21-22(18)13-7-2-1-3-8-13/h1-5,7-9,12H,6,10-11H2,(H,20,24). The number of aryl methyl sites for hydroxylation is 1. The fourth-order valence-corrected chi connectivity index (χ4v) is 3.28. The van der Waals surface area contributed by atoms with Crippen LogP contribution in [-0.2, 0) is 12.8 Å². The number of nitro benzene ring substituents is 1. The normalized spacial score (nSPS) is 12.6. The number of amides is 1. The zero-order valence-electron chi connectivity index (χ0n) is 13.9. The van der Waals surface area contributed by atoms with Gasteiger partial charge in [0, 0.05) is 11.6 Å². The van der Waals surface area contributed by atoms with E-state index >= 15 is 0 Å². The average Bonchev–Trinajstić information content (AvgIpc) is 3.25. The van der Waals surface area contributed by atoms with E-state index in [1.54, 1.807) is 16.8 Å². The van der Waals surface area contributed by atoms with Crippen LogP contribution in [0.25, 0.3) is 5.69 Å². The second-order valence-electron chi connectivity index (χ2n) is 6.10. The zero-order valence-corrected chi connectivity index (χ0v) is 13.9. The zero-order chi connectivity index (χ0) is 18.1. The minimum atomic E-state index is -0.548. The van der Waals surface area contributed by atoms with Crippen molar-refractivity contribution in [1.29, 1.82) is 0 Å².